The van der Waals surface area contributed by atoms with Crippen molar-refractivity contribution >= 4 is 66.6 Å². The molecule has 0 bridgehead atoms. The summed E-state index contributed by atoms with van der Waals surface area (Å²) >= 11 is 11.0. The third-order valence-electron chi connectivity index (χ3n) is 13.7. The highest BCUT2D eigenvalue weighted by Gasteiger charge is 2.58. The summed E-state index contributed by atoms with van der Waals surface area (Å²) in [4.78, 5) is 53.3. The summed E-state index contributed by atoms with van der Waals surface area (Å²) in [5, 5.41) is 10.9. The number of likely N-dealkylation sites (tertiary alicyclic amines) is 2. The summed E-state index contributed by atoms with van der Waals surface area (Å²) in [7, 11) is -6.97. The number of alkyl halides is 2. The van der Waals surface area contributed by atoms with E-state index in [9.17, 15) is 63.1 Å². The number of hydrogen-bond donors (Lipinski definition) is 3. The van der Waals surface area contributed by atoms with Gasteiger partial charge >= 0.3 is 5.97 Å². The van der Waals surface area contributed by atoms with Crippen LogP contribution >= 0.6 is 23.2 Å². The van der Waals surface area contributed by atoms with E-state index in [2.05, 4.69) is 10.1 Å². The third-order valence-corrected chi connectivity index (χ3v) is 16.5. The van der Waals surface area contributed by atoms with Gasteiger partial charge in [-0.1, -0.05) is 42.8 Å². The van der Waals surface area contributed by atoms with Crippen LogP contribution in [-0.2, 0) is 38.7 Å². The standard InChI is InChI=1S/C24H22ClF3N2O5S.C14H15NO5S.C10H9ClF3NO.CH4/c1-36(33,34)14-4-2-3-12(5-14)23(32)30-19-6-13(19)7-20(30)22(31)29-21(24(28)10-35-11-24)15-8-18(27)16(25)9-17(15)26;1-21(19,20)10-4-2-3-8(5-10)13(16)15-11-6-9(11)7-12(15)14(17)18;11-6-2-7(12)5(1-8(6)13)9(15)10(14)3-16-4-10;/h2-5,8-9,13,19-21H,6-7,10-11H2,1H3,(H,29,31);2-5,9,11-12H,6-7H2,1H3,(H,17,18);1-2,9H,3-4,15H2;1H4/t13-,19-,20-,21+;9-,11-,12-;9-;/m110./s1. The van der Waals surface area contributed by atoms with Crippen LogP contribution in [0.15, 0.2) is 82.6 Å². The van der Waals surface area contributed by atoms with Crippen LogP contribution < -0.4 is 11.1 Å². The van der Waals surface area contributed by atoms with Gasteiger partial charge in [0.1, 0.15) is 35.4 Å². The third kappa shape index (κ3) is 11.4. The van der Waals surface area contributed by atoms with E-state index in [0.29, 0.717) is 25.3 Å². The number of ether oxygens (including phenoxy) is 2. The van der Waals surface area contributed by atoms with Crippen molar-refractivity contribution in [3.05, 3.63) is 128 Å². The van der Waals surface area contributed by atoms with E-state index in [4.69, 9.17) is 33.7 Å². The minimum Gasteiger partial charge on any atom is -0.480 e. The number of carbonyl (C=O) groups excluding carboxylic acids is 3. The molecule has 0 aromatic heterocycles. The van der Waals surface area contributed by atoms with Gasteiger partial charge in [-0.15, -0.1) is 0 Å². The Kier molecular flexibility index (Phi) is 16.0. The molecule has 0 unspecified atom stereocenters. The van der Waals surface area contributed by atoms with Crippen LogP contribution in [0, 0.1) is 35.1 Å². The number of benzene rings is 4. The number of carbonyl (C=O) groups is 4. The van der Waals surface area contributed by atoms with Gasteiger partial charge in [-0.05, 0) is 98.2 Å². The second-order valence-electron chi connectivity index (χ2n) is 19.0. The van der Waals surface area contributed by atoms with Crippen LogP contribution in [-0.4, -0.2) is 130 Å². The molecule has 4 aliphatic heterocycles. The molecule has 4 aromatic rings. The Labute approximate surface area is 432 Å². The summed E-state index contributed by atoms with van der Waals surface area (Å²) in [6.07, 6.45) is 4.41. The molecule has 0 spiro atoms. The highest BCUT2D eigenvalue weighted by molar-refractivity contribution is 7.91. The van der Waals surface area contributed by atoms with Gasteiger partial charge in [-0.2, -0.15) is 0 Å². The highest BCUT2D eigenvalue weighted by atomic mass is 35.5. The molecule has 2 aliphatic carbocycles. The predicted molar refractivity (Wildman–Crippen MR) is 256 cm³/mol. The van der Waals surface area contributed by atoms with Gasteiger partial charge in [0, 0.05) is 46.8 Å². The lowest BCUT2D eigenvalue weighted by atomic mass is 9.87. The molecule has 3 amide bonds. The number of nitrogens with zero attached hydrogens (tertiary/aromatic N) is 2. The maximum absolute atomic E-state index is 15.5. The molecular weight excluding hydrogens is 1070 g/mol. The Bertz CT molecular complexity index is 3130. The zero-order chi connectivity index (χ0) is 53.3. The average Bonchev–Trinajstić information content (AvgIpc) is 4.20. The van der Waals surface area contributed by atoms with Crippen molar-refractivity contribution in [3.8, 4) is 0 Å². The molecule has 6 aliphatic rings. The largest absolute Gasteiger partial charge is 0.480 e. The van der Waals surface area contributed by atoms with Gasteiger partial charge in [0.25, 0.3) is 11.8 Å². The van der Waals surface area contributed by atoms with Crippen LogP contribution in [0.5, 0.6) is 0 Å². The molecule has 4 N–H and O–H groups in total. The van der Waals surface area contributed by atoms with E-state index in [1.54, 1.807) is 0 Å². The van der Waals surface area contributed by atoms with Crippen molar-refractivity contribution < 1.29 is 76.9 Å². The number of nitrogens with one attached hydrogen (secondary N) is 1. The van der Waals surface area contributed by atoms with Crippen molar-refractivity contribution in [1.29, 1.82) is 0 Å². The van der Waals surface area contributed by atoms with Crippen LogP contribution in [0.2, 0.25) is 10.0 Å². The van der Waals surface area contributed by atoms with Crippen molar-refractivity contribution in [2.45, 2.75) is 90.5 Å². The average molecular weight is 1120 g/mol. The molecule has 6 fully saturated rings. The number of amides is 3. The number of carboxylic acids is 1. The number of piperidine rings is 2. The van der Waals surface area contributed by atoms with Gasteiger partial charge in [0.2, 0.25) is 5.91 Å². The molecule has 400 valence electrons. The summed E-state index contributed by atoms with van der Waals surface area (Å²) in [5.74, 6) is -5.93. The molecule has 15 nitrogen and oxygen atoms in total. The van der Waals surface area contributed by atoms with Gasteiger partial charge < -0.3 is 35.4 Å². The first-order valence-electron chi connectivity index (χ1n) is 22.5. The van der Waals surface area contributed by atoms with E-state index in [1.807, 2.05) is 0 Å². The van der Waals surface area contributed by atoms with Gasteiger partial charge in [-0.3, -0.25) is 14.4 Å². The van der Waals surface area contributed by atoms with Gasteiger partial charge in [0.05, 0.1) is 58.3 Å². The number of nitrogens with two attached hydrogens (primary N) is 1. The van der Waals surface area contributed by atoms with Crippen molar-refractivity contribution in [2.75, 3.05) is 38.9 Å². The molecule has 4 heterocycles. The Morgan fingerprint density at radius 2 is 1.08 bits per heavy atom. The fourth-order valence-electron chi connectivity index (χ4n) is 9.45. The molecule has 25 heteroatoms. The van der Waals surface area contributed by atoms with Crippen LogP contribution in [0.1, 0.15) is 77.0 Å². The van der Waals surface area contributed by atoms with E-state index in [1.165, 1.54) is 58.3 Å². The fourth-order valence-corrected chi connectivity index (χ4v) is 11.1. The van der Waals surface area contributed by atoms with Gasteiger partial charge in [0.15, 0.2) is 31.0 Å². The van der Waals surface area contributed by atoms with Crippen LogP contribution in [0.3, 0.4) is 0 Å². The zero-order valence-electron chi connectivity index (χ0n) is 38.5. The first-order valence-corrected chi connectivity index (χ1v) is 27.0. The van der Waals surface area contributed by atoms with E-state index in [0.717, 1.165) is 37.1 Å². The maximum atomic E-state index is 15.5. The molecule has 10 rings (SSSR count). The lowest BCUT2D eigenvalue weighted by Crippen LogP contribution is -2.58. The number of halogens is 8. The Morgan fingerprint density at radius 1 is 0.662 bits per heavy atom. The summed E-state index contributed by atoms with van der Waals surface area (Å²) in [6.45, 7) is -1.29. The Morgan fingerprint density at radius 3 is 1.50 bits per heavy atom. The molecule has 0 radical (unpaired) electrons. The number of carboxylic acid groups (broad SMARTS) is 1. The smallest absolute Gasteiger partial charge is 0.326 e. The topological polar surface area (TPSA) is 220 Å². The van der Waals surface area contributed by atoms with Crippen LogP contribution in [0.4, 0.5) is 26.3 Å². The van der Waals surface area contributed by atoms with Crippen molar-refractivity contribution in [1.82, 2.24) is 15.1 Å². The van der Waals surface area contributed by atoms with Crippen LogP contribution in [0.25, 0.3) is 0 Å². The Balaban J connectivity index is 0.000000178. The Hall–Kier alpha value is -5.30. The molecule has 2 saturated carbocycles. The van der Waals surface area contributed by atoms with E-state index in [-0.39, 0.29) is 76.1 Å². The van der Waals surface area contributed by atoms with Crippen molar-refractivity contribution in [3.63, 3.8) is 0 Å². The first kappa shape index (κ1) is 56.4. The normalized spacial score (nSPS) is 24.3. The summed E-state index contributed by atoms with van der Waals surface area (Å²) in [6, 6.07) is 9.47. The molecule has 4 aromatic carbocycles. The first-order chi connectivity index (χ1) is 34.1. The maximum Gasteiger partial charge on any atom is 0.326 e. The zero-order valence-corrected chi connectivity index (χ0v) is 41.7. The number of fused-ring (bicyclic) bond motifs is 2. The molecular formula is C49H50Cl2F6N4O11S2. The monoisotopic (exact) mass is 1120 g/mol. The van der Waals surface area contributed by atoms with E-state index < -0.39 is 126 Å². The predicted octanol–water partition coefficient (Wildman–Crippen LogP) is 6.99. The second kappa shape index (κ2) is 21.0. The minimum atomic E-state index is -3.56. The molecule has 8 atom stereocenters. The van der Waals surface area contributed by atoms with E-state index >= 15 is 4.39 Å². The second-order valence-corrected chi connectivity index (χ2v) is 23.9. The summed E-state index contributed by atoms with van der Waals surface area (Å²) in [5.41, 5.74) is 1.20. The number of rotatable bonds is 11. The lowest BCUT2D eigenvalue weighted by Gasteiger charge is -2.41. The van der Waals surface area contributed by atoms with Crippen molar-refractivity contribution in [2.24, 2.45) is 17.6 Å². The van der Waals surface area contributed by atoms with Gasteiger partial charge in [-0.25, -0.2) is 48.0 Å². The molecule has 74 heavy (non-hydrogen) atoms. The molecule has 4 saturated heterocycles. The SMILES string of the molecule is C.CS(=O)(=O)c1cccc(C(=O)N2[C@@H](C(=O)N[C@@H](c3cc(F)c(Cl)cc3F)C3(F)COC3)C[C@H]3C[C@H]32)c1.CS(=O)(=O)c1cccc(C(=O)N2[C@@H](C(=O)O)C[C@H]3C[C@H]32)c1.N[C@@H](c1cc(F)c(Cl)cc1F)C1(F)COC1. The summed E-state index contributed by atoms with van der Waals surface area (Å²) < 4.78 is 141. The lowest BCUT2D eigenvalue weighted by molar-refractivity contribution is -0.155. The highest BCUT2D eigenvalue weighted by Crippen LogP contribution is 2.50. The number of sulfone groups is 2. The fraction of sp³-hybridized carbons (Fsp3) is 0.429. The quantitative estimate of drug-likeness (QED) is 0.102. The number of aliphatic carboxylic acids is 1. The number of hydrogen-bond acceptors (Lipinski definition) is 11. The minimum absolute atomic E-state index is 0.